The number of nitrogens with one attached hydrogen (secondary N) is 8. The van der Waals surface area contributed by atoms with Gasteiger partial charge in [0.1, 0.15) is 23.2 Å². The molecule has 6 amide bonds. The molecule has 3 aromatic rings. The van der Waals surface area contributed by atoms with Crippen LogP contribution in [0.1, 0.15) is 43.7 Å². The van der Waals surface area contributed by atoms with Gasteiger partial charge in [-0.3, -0.25) is 62.8 Å². The Bertz CT molecular complexity index is 2650. The second-order valence-electron chi connectivity index (χ2n) is 19.5. The highest BCUT2D eigenvalue weighted by Gasteiger charge is 2.27. The lowest BCUT2D eigenvalue weighted by atomic mass is 10.1. The SMILES string of the molecule is CCC(=O)NCCNC(=O)/N=C(/N)NCCC[C@H](C(=O)NCc1ccc(O)cc1)N(C)C(=O)Cc1ccc(NCCCNc2c(NCCNC(=O)CN3CCN(CC(=O)O)CCN(CC(=O)O)CCN(CC(=O)O)CC3)c(=O)c2=O)cc1. The lowest BCUT2D eigenvalue weighted by Gasteiger charge is -2.32. The van der Waals surface area contributed by atoms with Crippen molar-refractivity contribution in [1.82, 2.24) is 51.1 Å². The van der Waals surface area contributed by atoms with E-state index in [1.165, 1.54) is 17.0 Å². The molecule has 29 nitrogen and oxygen atoms in total. The van der Waals surface area contributed by atoms with E-state index in [1.807, 2.05) is 12.1 Å². The van der Waals surface area contributed by atoms with Crippen LogP contribution in [0.2, 0.25) is 0 Å². The van der Waals surface area contributed by atoms with Gasteiger partial charge >= 0.3 is 23.9 Å². The third kappa shape index (κ3) is 24.9. The van der Waals surface area contributed by atoms with E-state index in [-0.39, 0.29) is 171 Å². The maximum absolute atomic E-state index is 13.6. The van der Waals surface area contributed by atoms with Gasteiger partial charge in [-0.05, 0) is 54.7 Å². The number of likely N-dealkylation sites (N-methyl/N-ethyl adjacent to an activating group) is 1. The first-order valence-electron chi connectivity index (χ1n) is 27.1. The summed E-state index contributed by atoms with van der Waals surface area (Å²) >= 11 is 0. The summed E-state index contributed by atoms with van der Waals surface area (Å²) in [5.41, 5.74) is 6.95. The van der Waals surface area contributed by atoms with Gasteiger partial charge in [-0.25, -0.2) is 4.79 Å². The van der Waals surface area contributed by atoms with Gasteiger partial charge in [0, 0.05) is 124 Å². The quantitative estimate of drug-likeness (QED) is 0.0133. The van der Waals surface area contributed by atoms with Gasteiger partial charge in [-0.2, -0.15) is 4.99 Å². The highest BCUT2D eigenvalue weighted by atomic mass is 16.4. The van der Waals surface area contributed by atoms with Crippen molar-refractivity contribution in [3.8, 4) is 5.75 Å². The molecule has 82 heavy (non-hydrogen) atoms. The van der Waals surface area contributed by atoms with E-state index in [1.54, 1.807) is 57.8 Å². The molecule has 1 fully saturated rings. The second-order valence-corrected chi connectivity index (χ2v) is 19.5. The van der Waals surface area contributed by atoms with Gasteiger partial charge in [0.15, 0.2) is 5.96 Å². The number of aliphatic imine (C=N–C) groups is 1. The minimum atomic E-state index is -1.06. The average Bonchev–Trinajstić information content (AvgIpc) is 3.13. The molecule has 0 spiro atoms. The highest BCUT2D eigenvalue weighted by Crippen LogP contribution is 2.16. The Balaban J connectivity index is 1.21. The van der Waals surface area contributed by atoms with Gasteiger partial charge in [0.2, 0.25) is 23.6 Å². The molecule has 1 aliphatic rings. The molecule has 1 saturated heterocycles. The van der Waals surface area contributed by atoms with Crippen LogP contribution < -0.4 is 59.1 Å². The first kappa shape index (κ1) is 66.1. The number of benzene rings is 2. The number of aromatic hydroxyl groups is 1. The number of carboxylic acid groups (broad SMARTS) is 3. The number of nitrogens with zero attached hydrogens (tertiary/aromatic N) is 6. The van der Waals surface area contributed by atoms with E-state index < -0.39 is 46.7 Å². The lowest BCUT2D eigenvalue weighted by molar-refractivity contribution is -0.140. The molecule has 3 aromatic carbocycles. The maximum atomic E-state index is 13.6. The highest BCUT2D eigenvalue weighted by molar-refractivity contribution is 5.91. The van der Waals surface area contributed by atoms with E-state index in [0.29, 0.717) is 37.9 Å². The molecular weight excluding hydrogens is 1070 g/mol. The number of rotatable bonds is 32. The summed E-state index contributed by atoms with van der Waals surface area (Å²) in [6.45, 7) is 4.56. The number of carbonyl (C=O) groups excluding carboxylic acids is 5. The van der Waals surface area contributed by atoms with Crippen molar-refractivity contribution in [3.63, 3.8) is 0 Å². The summed E-state index contributed by atoms with van der Waals surface area (Å²) in [7, 11) is 1.55. The normalized spacial score (nSPS) is 14.5. The lowest BCUT2D eigenvalue weighted by Crippen LogP contribution is -2.50. The van der Waals surface area contributed by atoms with Crippen LogP contribution in [0.3, 0.4) is 0 Å². The molecule has 0 aliphatic carbocycles. The number of urea groups is 1. The van der Waals surface area contributed by atoms with Crippen molar-refractivity contribution in [1.29, 1.82) is 0 Å². The standard InChI is InChI=1S/C53H79N15O14/c1-3-41(70)56-19-21-61-53(82)63-52(54)60-15-4-6-40(51(81)62-31-37-9-13-39(69)14-10-37)64(2)43(72)30-36-7-11-38(12-8-36)55-16-5-17-58-47-48(50(80)49(47)79)59-20-18-57-42(71)32-65-22-24-66(33-44(73)74)26-28-68(35-46(77)78)29-27-67(25-23-65)34-45(75)76/h7-14,40,55,58-59,69H,3-6,15-35H2,1-2H3,(H,56,70)(H,57,71)(H,62,81)(H,73,74)(H,75,76)(H,77,78)(H4,54,60,61,63,82)/t40-/m1/s1. The van der Waals surface area contributed by atoms with Crippen molar-refractivity contribution in [3.05, 3.63) is 80.1 Å². The molecule has 1 aliphatic heterocycles. The van der Waals surface area contributed by atoms with E-state index in [2.05, 4.69) is 47.5 Å². The summed E-state index contributed by atoms with van der Waals surface area (Å²) in [4.78, 5) is 135. The average molecular weight is 1150 g/mol. The summed E-state index contributed by atoms with van der Waals surface area (Å²) in [6, 6.07) is 12.0. The zero-order valence-electron chi connectivity index (χ0n) is 46.5. The fourth-order valence-corrected chi connectivity index (χ4v) is 8.53. The van der Waals surface area contributed by atoms with Crippen LogP contribution in [0.25, 0.3) is 0 Å². The number of carboxylic acids is 3. The number of guanidine groups is 1. The largest absolute Gasteiger partial charge is 0.508 e. The van der Waals surface area contributed by atoms with E-state index in [4.69, 9.17) is 5.73 Å². The second kappa shape index (κ2) is 35.3. The van der Waals surface area contributed by atoms with Crippen molar-refractivity contribution in [2.75, 3.05) is 147 Å². The number of nitrogens with two attached hydrogens (primary N) is 1. The number of carbonyl (C=O) groups is 8. The predicted octanol–water partition coefficient (Wildman–Crippen LogP) is -2.49. The number of phenolic OH excluding ortho intramolecular Hbond substituents is 1. The topological polar surface area (TPSA) is 402 Å². The number of hydrogen-bond donors (Lipinski definition) is 13. The Labute approximate surface area is 474 Å². The Morgan fingerprint density at radius 1 is 0.573 bits per heavy atom. The Hall–Kier alpha value is -8.41. The third-order valence-corrected chi connectivity index (χ3v) is 13.1. The van der Waals surface area contributed by atoms with Crippen LogP contribution in [0.15, 0.2) is 63.1 Å². The fraction of sp³-hybridized carbons (Fsp3) is 0.528. The predicted molar refractivity (Wildman–Crippen MR) is 305 cm³/mol. The number of phenols is 1. The van der Waals surface area contributed by atoms with Crippen LogP contribution in [0.4, 0.5) is 21.9 Å². The van der Waals surface area contributed by atoms with Crippen LogP contribution >= 0.6 is 0 Å². The van der Waals surface area contributed by atoms with E-state index >= 15 is 0 Å². The van der Waals surface area contributed by atoms with Gasteiger partial charge in [-0.1, -0.05) is 31.2 Å². The molecule has 14 N–H and O–H groups in total. The summed E-state index contributed by atoms with van der Waals surface area (Å²) < 4.78 is 0. The number of aliphatic carboxylic acids is 3. The monoisotopic (exact) mass is 1150 g/mol. The van der Waals surface area contributed by atoms with Crippen molar-refractivity contribution in [2.24, 2.45) is 10.7 Å². The van der Waals surface area contributed by atoms with Crippen molar-refractivity contribution in [2.45, 2.75) is 51.6 Å². The number of anilines is 3. The molecule has 0 aromatic heterocycles. The van der Waals surface area contributed by atoms with Gasteiger partial charge in [0.05, 0.1) is 32.6 Å². The Morgan fingerprint density at radius 2 is 1.05 bits per heavy atom. The number of amides is 6. The first-order valence-corrected chi connectivity index (χ1v) is 27.1. The summed E-state index contributed by atoms with van der Waals surface area (Å²) in [5, 5.41) is 60.9. The Morgan fingerprint density at radius 3 is 1.59 bits per heavy atom. The van der Waals surface area contributed by atoms with Gasteiger partial charge < -0.3 is 73.6 Å². The zero-order chi connectivity index (χ0) is 60.0. The van der Waals surface area contributed by atoms with Crippen LogP contribution in [-0.4, -0.2) is 236 Å². The molecule has 4 rings (SSSR count). The zero-order valence-corrected chi connectivity index (χ0v) is 46.5. The number of hydrogen-bond acceptors (Lipinski definition) is 18. The van der Waals surface area contributed by atoms with Crippen LogP contribution in [0, 0.1) is 0 Å². The minimum Gasteiger partial charge on any atom is -0.508 e. The minimum absolute atomic E-state index is 0.00603. The summed E-state index contributed by atoms with van der Waals surface area (Å²) in [6.07, 6.45) is 1.45. The van der Waals surface area contributed by atoms with E-state index in [9.17, 15) is 68.4 Å². The first-order chi connectivity index (χ1) is 39.2. The Kier molecular flexibility index (Phi) is 28.5. The smallest absolute Gasteiger partial charge is 0.344 e. The van der Waals surface area contributed by atoms with Crippen LogP contribution in [0.5, 0.6) is 5.75 Å². The molecule has 0 bridgehead atoms. The van der Waals surface area contributed by atoms with Crippen molar-refractivity contribution >= 4 is 70.6 Å². The van der Waals surface area contributed by atoms with E-state index in [0.717, 1.165) is 11.3 Å². The molecular formula is C53H79N15O14. The molecule has 0 unspecified atom stereocenters. The molecule has 1 atom stereocenters. The third-order valence-electron chi connectivity index (χ3n) is 13.1. The molecule has 0 saturated carbocycles. The van der Waals surface area contributed by atoms with Crippen molar-refractivity contribution < 1.29 is 58.8 Å². The molecule has 450 valence electrons. The van der Waals surface area contributed by atoms with Gasteiger partial charge in [0.25, 0.3) is 10.9 Å². The molecule has 0 radical (unpaired) electrons. The fourth-order valence-electron chi connectivity index (χ4n) is 8.53. The molecule has 1 heterocycles. The maximum Gasteiger partial charge on any atom is 0.344 e. The van der Waals surface area contributed by atoms with Gasteiger partial charge in [-0.15, -0.1) is 0 Å². The summed E-state index contributed by atoms with van der Waals surface area (Å²) in [5.74, 6) is -4.49. The molecule has 29 heteroatoms. The van der Waals surface area contributed by atoms with Crippen LogP contribution in [-0.2, 0) is 46.5 Å².